The topological polar surface area (TPSA) is 74.7 Å². The molecule has 1 aliphatic carbocycles. The number of carboxylic acids is 1. The first-order valence-electron chi connectivity index (χ1n) is 10.4. The molecular weight excluding hydrogens is 398 g/mol. The van der Waals surface area contributed by atoms with E-state index in [0.717, 1.165) is 11.1 Å². The summed E-state index contributed by atoms with van der Waals surface area (Å²) in [5.74, 6) is -1.21. The normalized spacial score (nSPS) is 19.4. The summed E-state index contributed by atoms with van der Waals surface area (Å²) in [6, 6.07) is 16.6. The van der Waals surface area contributed by atoms with E-state index in [2.05, 4.69) is 37.3 Å². The molecule has 0 bridgehead atoms. The largest absolute Gasteiger partial charge is 0.480 e. The highest BCUT2D eigenvalue weighted by atomic mass is 32.2. The third-order valence-corrected chi connectivity index (χ3v) is 9.07. The second-order valence-corrected chi connectivity index (χ2v) is 10.5. The molecule has 0 unspecified atom stereocenters. The molecule has 2 aliphatic rings. The molecule has 1 fully saturated rings. The number of aliphatic carboxylic acids is 1. The van der Waals surface area contributed by atoms with Gasteiger partial charge in [0.05, 0.1) is 0 Å². The minimum Gasteiger partial charge on any atom is -0.480 e. The van der Waals surface area contributed by atoms with Crippen LogP contribution in [0.1, 0.15) is 43.2 Å². The zero-order valence-electron chi connectivity index (χ0n) is 17.2. The van der Waals surface area contributed by atoms with Crippen molar-refractivity contribution in [2.75, 3.05) is 13.1 Å². The summed E-state index contributed by atoms with van der Waals surface area (Å²) in [5, 5.41) is 9.69. The molecule has 1 saturated carbocycles. The van der Waals surface area contributed by atoms with E-state index in [4.69, 9.17) is 0 Å². The average Bonchev–Trinajstić information content (AvgIpc) is 3.27. The number of hydrogen-bond acceptors (Lipinski definition) is 3. The number of rotatable bonds is 5. The minimum atomic E-state index is -3.89. The number of sulfonamides is 1. The van der Waals surface area contributed by atoms with E-state index in [1.54, 1.807) is 0 Å². The van der Waals surface area contributed by atoms with E-state index < -0.39 is 20.7 Å². The molecule has 4 rings (SSSR count). The van der Waals surface area contributed by atoms with Crippen molar-refractivity contribution >= 4 is 21.6 Å². The van der Waals surface area contributed by atoms with Gasteiger partial charge in [0.15, 0.2) is 4.75 Å². The predicted octanol–water partition coefficient (Wildman–Crippen LogP) is 4.48. The Morgan fingerprint density at radius 3 is 2.30 bits per heavy atom. The van der Waals surface area contributed by atoms with Crippen LogP contribution in [0, 0.1) is 6.92 Å². The van der Waals surface area contributed by atoms with Gasteiger partial charge in [-0.05, 0) is 54.0 Å². The van der Waals surface area contributed by atoms with Crippen LogP contribution in [-0.2, 0) is 14.8 Å². The van der Waals surface area contributed by atoms with Crippen molar-refractivity contribution in [1.29, 1.82) is 0 Å². The Balaban J connectivity index is 1.56. The fourth-order valence-electron chi connectivity index (χ4n) is 4.71. The molecule has 1 N–H and O–H groups in total. The summed E-state index contributed by atoms with van der Waals surface area (Å²) in [7, 11) is -3.89. The Kier molecular flexibility index (Phi) is 5.55. The average molecular weight is 426 g/mol. The Hall–Kier alpha value is -2.44. The maximum atomic E-state index is 13.2. The molecule has 0 radical (unpaired) electrons. The maximum Gasteiger partial charge on any atom is 0.326 e. The van der Waals surface area contributed by atoms with Crippen LogP contribution < -0.4 is 0 Å². The van der Waals surface area contributed by atoms with E-state index in [9.17, 15) is 18.3 Å². The van der Waals surface area contributed by atoms with Crippen molar-refractivity contribution in [3.63, 3.8) is 0 Å². The van der Waals surface area contributed by atoms with Crippen LogP contribution in [0.3, 0.4) is 0 Å². The lowest BCUT2D eigenvalue weighted by molar-refractivity contribution is -0.140. The van der Waals surface area contributed by atoms with Gasteiger partial charge in [0.25, 0.3) is 0 Å². The summed E-state index contributed by atoms with van der Waals surface area (Å²) in [6.45, 7) is 2.64. The molecule has 0 atom stereocenters. The second kappa shape index (κ2) is 8.00. The van der Waals surface area contributed by atoms with Gasteiger partial charge < -0.3 is 5.11 Å². The van der Waals surface area contributed by atoms with Crippen LogP contribution in [0.15, 0.2) is 54.6 Å². The monoisotopic (exact) mass is 425 g/mol. The quantitative estimate of drug-likeness (QED) is 0.767. The van der Waals surface area contributed by atoms with Crippen LogP contribution in [-0.4, -0.2) is 41.6 Å². The van der Waals surface area contributed by atoms with Gasteiger partial charge in [-0.1, -0.05) is 67.4 Å². The van der Waals surface area contributed by atoms with Crippen molar-refractivity contribution in [3.8, 4) is 11.1 Å². The van der Waals surface area contributed by atoms with E-state index in [1.807, 2.05) is 24.3 Å². The van der Waals surface area contributed by atoms with Gasteiger partial charge in [0.1, 0.15) is 0 Å². The number of carbonyl (C=O) groups is 1. The Labute approximate surface area is 178 Å². The first kappa shape index (κ1) is 20.8. The molecule has 0 aromatic heterocycles. The van der Waals surface area contributed by atoms with Crippen molar-refractivity contribution in [2.24, 2.45) is 0 Å². The molecular formula is C24H27NO4S. The molecule has 30 heavy (non-hydrogen) atoms. The number of nitrogens with zero attached hydrogens (tertiary/aromatic N) is 1. The smallest absolute Gasteiger partial charge is 0.326 e. The van der Waals surface area contributed by atoms with Crippen LogP contribution in [0.25, 0.3) is 16.7 Å². The molecule has 0 spiro atoms. The zero-order chi connectivity index (χ0) is 21.4. The minimum absolute atomic E-state index is 0.206. The fraction of sp³-hybridized carbons (Fsp3) is 0.375. The van der Waals surface area contributed by atoms with Crippen molar-refractivity contribution in [3.05, 3.63) is 65.7 Å². The van der Waals surface area contributed by atoms with E-state index in [0.29, 0.717) is 25.8 Å². The van der Waals surface area contributed by atoms with Gasteiger partial charge in [0.2, 0.25) is 10.0 Å². The summed E-state index contributed by atoms with van der Waals surface area (Å²) in [4.78, 5) is 11.9. The first-order chi connectivity index (χ1) is 14.3. The van der Waals surface area contributed by atoms with Gasteiger partial charge in [-0.2, -0.15) is 4.31 Å². The lowest BCUT2D eigenvalue weighted by atomic mass is 9.94. The molecule has 1 heterocycles. The lowest BCUT2D eigenvalue weighted by Gasteiger charge is -2.33. The van der Waals surface area contributed by atoms with Gasteiger partial charge in [-0.25, -0.2) is 8.42 Å². The van der Waals surface area contributed by atoms with E-state index in [1.165, 1.54) is 21.0 Å². The molecule has 5 nitrogen and oxygen atoms in total. The van der Waals surface area contributed by atoms with Crippen LogP contribution in [0.5, 0.6) is 0 Å². The molecule has 0 saturated heterocycles. The summed E-state index contributed by atoms with van der Waals surface area (Å²) < 4.78 is 26.0. The van der Waals surface area contributed by atoms with Gasteiger partial charge >= 0.3 is 5.97 Å². The van der Waals surface area contributed by atoms with Crippen molar-refractivity contribution in [1.82, 2.24) is 4.31 Å². The molecule has 0 amide bonds. The van der Waals surface area contributed by atoms with Gasteiger partial charge in [-0.15, -0.1) is 0 Å². The molecule has 2 aromatic rings. The van der Waals surface area contributed by atoms with Gasteiger partial charge in [0, 0.05) is 13.1 Å². The highest BCUT2D eigenvalue weighted by Gasteiger charge is 2.55. The number of carboxylic acid groups (broad SMARTS) is 1. The van der Waals surface area contributed by atoms with Crippen LogP contribution in [0.4, 0.5) is 0 Å². The number of hydrogen-bond donors (Lipinski definition) is 1. The van der Waals surface area contributed by atoms with Crippen molar-refractivity contribution in [2.45, 2.75) is 43.8 Å². The van der Waals surface area contributed by atoms with E-state index >= 15 is 0 Å². The third kappa shape index (κ3) is 3.48. The van der Waals surface area contributed by atoms with Crippen LogP contribution >= 0.6 is 0 Å². The number of aryl methyl sites for hydroxylation is 1. The van der Waals surface area contributed by atoms with E-state index in [-0.39, 0.29) is 19.4 Å². The third-order valence-electron chi connectivity index (χ3n) is 6.49. The van der Waals surface area contributed by atoms with Crippen molar-refractivity contribution < 1.29 is 18.3 Å². The molecule has 2 aromatic carbocycles. The summed E-state index contributed by atoms with van der Waals surface area (Å²) in [6.07, 6.45) is 4.22. The fourth-order valence-corrected chi connectivity index (χ4v) is 6.83. The predicted molar refractivity (Wildman–Crippen MR) is 119 cm³/mol. The zero-order valence-corrected chi connectivity index (χ0v) is 18.0. The first-order valence-corrected chi connectivity index (χ1v) is 11.9. The lowest BCUT2D eigenvalue weighted by Crippen LogP contribution is -2.52. The SMILES string of the molecule is Cc1cc(C2=CCN(S(=O)(=O)C3(C(=O)O)CCCC3)CC2)ccc1-c1ccccc1. The standard InChI is InChI=1S/C24H27NO4S/c1-18-17-21(9-10-22(18)20-7-3-2-4-8-20)19-11-15-25(16-12-19)30(28,29)24(23(26)27)13-5-6-14-24/h2-4,7-11,17H,5-6,12-16H2,1H3,(H,26,27). The number of benzene rings is 2. The molecule has 1 aliphatic heterocycles. The molecule has 158 valence electrons. The van der Waals surface area contributed by atoms with Gasteiger partial charge in [-0.3, -0.25) is 4.79 Å². The molecule has 6 heteroatoms. The highest BCUT2D eigenvalue weighted by Crippen LogP contribution is 2.40. The highest BCUT2D eigenvalue weighted by molar-refractivity contribution is 7.91. The Morgan fingerprint density at radius 1 is 1.03 bits per heavy atom. The summed E-state index contributed by atoms with van der Waals surface area (Å²) in [5.41, 5.74) is 5.74. The second-order valence-electron chi connectivity index (χ2n) is 8.24. The Bertz CT molecular complexity index is 1080. The summed E-state index contributed by atoms with van der Waals surface area (Å²) >= 11 is 0. The Morgan fingerprint density at radius 2 is 1.73 bits per heavy atom. The maximum absolute atomic E-state index is 13.2. The van der Waals surface area contributed by atoms with Crippen LogP contribution in [0.2, 0.25) is 0 Å².